The Bertz CT molecular complexity index is 864. The highest BCUT2D eigenvalue weighted by Crippen LogP contribution is 2.18. The van der Waals surface area contributed by atoms with Gasteiger partial charge in [0.2, 0.25) is 10.0 Å². The molecule has 0 aliphatic carbocycles. The molecule has 6 nitrogen and oxygen atoms in total. The predicted molar refractivity (Wildman–Crippen MR) is 104 cm³/mol. The first-order chi connectivity index (χ1) is 12.9. The SMILES string of the molecule is CCN(CC)S(=O)(=O)c1cccc(C(=O)OCCOc2ccc(Cl)cc2)c1. The number of rotatable bonds is 9. The van der Waals surface area contributed by atoms with Crippen LogP contribution in [-0.2, 0) is 14.8 Å². The van der Waals surface area contributed by atoms with Crippen molar-refractivity contribution < 1.29 is 22.7 Å². The van der Waals surface area contributed by atoms with Crippen molar-refractivity contribution in [1.29, 1.82) is 0 Å². The lowest BCUT2D eigenvalue weighted by Gasteiger charge is -2.18. The number of hydrogen-bond donors (Lipinski definition) is 0. The maximum absolute atomic E-state index is 12.6. The zero-order chi connectivity index (χ0) is 19.9. The average Bonchev–Trinajstić information content (AvgIpc) is 2.67. The molecule has 0 amide bonds. The summed E-state index contributed by atoms with van der Waals surface area (Å²) in [6.45, 7) is 4.45. The third kappa shape index (κ3) is 5.69. The molecule has 0 aliphatic rings. The van der Waals surface area contributed by atoms with Crippen molar-refractivity contribution >= 4 is 27.6 Å². The Morgan fingerprint density at radius 3 is 2.33 bits per heavy atom. The number of nitrogens with zero attached hydrogens (tertiary/aromatic N) is 1. The van der Waals surface area contributed by atoms with E-state index in [1.807, 2.05) is 0 Å². The smallest absolute Gasteiger partial charge is 0.338 e. The average molecular weight is 412 g/mol. The van der Waals surface area contributed by atoms with Crippen molar-refractivity contribution in [1.82, 2.24) is 4.31 Å². The molecule has 8 heteroatoms. The van der Waals surface area contributed by atoms with E-state index >= 15 is 0 Å². The molecule has 0 saturated heterocycles. The zero-order valence-corrected chi connectivity index (χ0v) is 16.8. The van der Waals surface area contributed by atoms with Crippen molar-refractivity contribution in [3.63, 3.8) is 0 Å². The maximum Gasteiger partial charge on any atom is 0.338 e. The molecule has 0 spiro atoms. The van der Waals surface area contributed by atoms with Gasteiger partial charge < -0.3 is 9.47 Å². The molecule has 0 aliphatic heterocycles. The molecule has 0 N–H and O–H groups in total. The third-order valence-corrected chi connectivity index (χ3v) is 6.11. The minimum absolute atomic E-state index is 0.0362. The minimum Gasteiger partial charge on any atom is -0.490 e. The van der Waals surface area contributed by atoms with Gasteiger partial charge in [0.1, 0.15) is 19.0 Å². The molecule has 2 aromatic carbocycles. The van der Waals surface area contributed by atoms with Crippen molar-refractivity contribution in [2.45, 2.75) is 18.7 Å². The molecule has 0 aromatic heterocycles. The first-order valence-corrected chi connectivity index (χ1v) is 10.4. The van der Waals surface area contributed by atoms with Crippen LogP contribution in [0.2, 0.25) is 5.02 Å². The standard InChI is InChI=1S/C19H22ClNO5S/c1-3-21(4-2)27(23,24)18-7-5-6-15(14-18)19(22)26-13-12-25-17-10-8-16(20)9-11-17/h5-11,14H,3-4,12-13H2,1-2H3. The molecule has 146 valence electrons. The molecule has 2 aromatic rings. The monoisotopic (exact) mass is 411 g/mol. The molecule has 27 heavy (non-hydrogen) atoms. The summed E-state index contributed by atoms with van der Waals surface area (Å²) < 4.78 is 37.0. The van der Waals surface area contributed by atoms with Crippen LogP contribution >= 0.6 is 11.6 Å². The second-order valence-electron chi connectivity index (χ2n) is 5.56. The Balaban J connectivity index is 1.95. The summed E-state index contributed by atoms with van der Waals surface area (Å²) in [5.41, 5.74) is 0.176. The van der Waals surface area contributed by atoms with Crippen molar-refractivity contribution in [3.8, 4) is 5.75 Å². The van der Waals surface area contributed by atoms with Crippen LogP contribution in [0.4, 0.5) is 0 Å². The Labute approximate surface area is 164 Å². The normalized spacial score (nSPS) is 11.4. The van der Waals surface area contributed by atoms with Gasteiger partial charge in [-0.3, -0.25) is 0 Å². The number of ether oxygens (including phenoxy) is 2. The first-order valence-electron chi connectivity index (χ1n) is 8.54. The van der Waals surface area contributed by atoms with E-state index in [0.29, 0.717) is 23.9 Å². The van der Waals surface area contributed by atoms with Gasteiger partial charge in [-0.25, -0.2) is 13.2 Å². The van der Waals surface area contributed by atoms with Gasteiger partial charge in [0, 0.05) is 18.1 Å². The molecule has 0 saturated carbocycles. The van der Waals surface area contributed by atoms with E-state index in [1.165, 1.54) is 28.6 Å². The first kappa shape index (κ1) is 21.2. The highest BCUT2D eigenvalue weighted by atomic mass is 35.5. The Kier molecular flexibility index (Phi) is 7.65. The van der Waals surface area contributed by atoms with Gasteiger partial charge in [-0.1, -0.05) is 31.5 Å². The molecule has 2 rings (SSSR count). The second-order valence-corrected chi connectivity index (χ2v) is 7.93. The highest BCUT2D eigenvalue weighted by molar-refractivity contribution is 7.89. The Morgan fingerprint density at radius 1 is 1.04 bits per heavy atom. The van der Waals surface area contributed by atoms with E-state index in [4.69, 9.17) is 21.1 Å². The summed E-state index contributed by atoms with van der Waals surface area (Å²) in [7, 11) is -3.63. The van der Waals surface area contributed by atoms with E-state index in [9.17, 15) is 13.2 Å². The fourth-order valence-corrected chi connectivity index (χ4v) is 4.03. The Morgan fingerprint density at radius 2 is 1.70 bits per heavy atom. The number of carbonyl (C=O) groups is 1. The van der Waals surface area contributed by atoms with E-state index < -0.39 is 16.0 Å². The molecule has 0 fully saturated rings. The van der Waals surface area contributed by atoms with Gasteiger partial charge >= 0.3 is 5.97 Å². The van der Waals surface area contributed by atoms with Crippen molar-refractivity contribution in [2.24, 2.45) is 0 Å². The van der Waals surface area contributed by atoms with Crippen LogP contribution < -0.4 is 4.74 Å². The molecule has 0 heterocycles. The van der Waals surface area contributed by atoms with Crippen LogP contribution in [0.5, 0.6) is 5.75 Å². The number of halogens is 1. The largest absolute Gasteiger partial charge is 0.490 e. The Hall–Kier alpha value is -2.09. The number of carbonyl (C=O) groups excluding carboxylic acids is 1. The van der Waals surface area contributed by atoms with Crippen LogP contribution in [0.3, 0.4) is 0 Å². The van der Waals surface area contributed by atoms with Gasteiger partial charge in [-0.05, 0) is 42.5 Å². The third-order valence-electron chi connectivity index (χ3n) is 3.81. The minimum atomic E-state index is -3.63. The van der Waals surface area contributed by atoms with Crippen molar-refractivity contribution in [3.05, 3.63) is 59.1 Å². The van der Waals surface area contributed by atoms with Crippen LogP contribution in [0.15, 0.2) is 53.4 Å². The molecule has 0 atom stereocenters. The fourth-order valence-electron chi connectivity index (χ4n) is 2.40. The van der Waals surface area contributed by atoms with Gasteiger partial charge in [-0.2, -0.15) is 4.31 Å². The summed E-state index contributed by atoms with van der Waals surface area (Å²) in [5, 5.41) is 0.605. The summed E-state index contributed by atoms with van der Waals surface area (Å²) in [5.74, 6) is 0.00839. The topological polar surface area (TPSA) is 72.9 Å². The van der Waals surface area contributed by atoms with Gasteiger partial charge in [0.25, 0.3) is 0 Å². The van der Waals surface area contributed by atoms with Crippen molar-refractivity contribution in [2.75, 3.05) is 26.3 Å². The van der Waals surface area contributed by atoms with Gasteiger partial charge in [-0.15, -0.1) is 0 Å². The molecular weight excluding hydrogens is 390 g/mol. The summed E-state index contributed by atoms with van der Waals surface area (Å²) in [6.07, 6.45) is 0. The lowest BCUT2D eigenvalue weighted by Crippen LogP contribution is -2.30. The molecular formula is C19H22ClNO5S. The van der Waals surface area contributed by atoms with E-state index in [1.54, 1.807) is 38.1 Å². The fraction of sp³-hybridized carbons (Fsp3) is 0.316. The van der Waals surface area contributed by atoms with E-state index in [-0.39, 0.29) is 23.7 Å². The second kappa shape index (κ2) is 9.73. The molecule has 0 radical (unpaired) electrons. The summed E-state index contributed by atoms with van der Waals surface area (Å²) in [4.78, 5) is 12.3. The molecule has 0 unspecified atom stereocenters. The van der Waals surface area contributed by atoms with E-state index in [0.717, 1.165) is 0 Å². The zero-order valence-electron chi connectivity index (χ0n) is 15.2. The number of hydrogen-bond acceptors (Lipinski definition) is 5. The predicted octanol–water partition coefficient (Wildman–Crippen LogP) is 3.61. The summed E-state index contributed by atoms with van der Waals surface area (Å²) in [6, 6.07) is 12.7. The van der Waals surface area contributed by atoms with Crippen LogP contribution in [0.25, 0.3) is 0 Å². The van der Waals surface area contributed by atoms with Gasteiger partial charge in [0.05, 0.1) is 10.5 Å². The molecule has 0 bridgehead atoms. The number of sulfonamides is 1. The van der Waals surface area contributed by atoms with Crippen LogP contribution in [-0.4, -0.2) is 45.0 Å². The van der Waals surface area contributed by atoms with Crippen LogP contribution in [0, 0.1) is 0 Å². The quantitative estimate of drug-likeness (QED) is 0.465. The maximum atomic E-state index is 12.6. The summed E-state index contributed by atoms with van der Waals surface area (Å²) >= 11 is 5.79. The lowest BCUT2D eigenvalue weighted by atomic mass is 10.2. The van der Waals surface area contributed by atoms with Crippen LogP contribution in [0.1, 0.15) is 24.2 Å². The van der Waals surface area contributed by atoms with E-state index in [2.05, 4.69) is 0 Å². The number of benzene rings is 2. The van der Waals surface area contributed by atoms with Gasteiger partial charge in [0.15, 0.2) is 0 Å². The lowest BCUT2D eigenvalue weighted by molar-refractivity contribution is 0.0450. The highest BCUT2D eigenvalue weighted by Gasteiger charge is 2.22. The number of esters is 1.